The third-order valence-electron chi connectivity index (χ3n) is 4.76. The number of aromatic nitrogens is 2. The van der Waals surface area contributed by atoms with Crippen LogP contribution in [0, 0.1) is 0 Å². The average molecular weight is 449 g/mol. The predicted octanol–water partition coefficient (Wildman–Crippen LogP) is 6.22. The van der Waals surface area contributed by atoms with Crippen LogP contribution >= 0.6 is 23.4 Å². The molecule has 1 unspecified atom stereocenters. The highest BCUT2D eigenvalue weighted by molar-refractivity contribution is 7.99. The summed E-state index contributed by atoms with van der Waals surface area (Å²) in [6, 6.07) is 20.0. The SMILES string of the molecule is OC(CSc1cccc(Cl)c1)(c1ccc2c(cnn2-c2ccccc2)c1)C(F)(F)F. The molecule has 4 aromatic rings. The van der Waals surface area contributed by atoms with Crippen LogP contribution in [0.2, 0.25) is 5.02 Å². The molecular formula is C22H16ClF3N2OS. The van der Waals surface area contributed by atoms with E-state index in [4.69, 9.17) is 11.6 Å². The number of hydrogen-bond acceptors (Lipinski definition) is 3. The van der Waals surface area contributed by atoms with Crippen molar-refractivity contribution < 1.29 is 18.3 Å². The van der Waals surface area contributed by atoms with Gasteiger partial charge in [-0.2, -0.15) is 18.3 Å². The van der Waals surface area contributed by atoms with Crippen LogP contribution in [0.25, 0.3) is 16.6 Å². The molecule has 8 heteroatoms. The topological polar surface area (TPSA) is 38.1 Å². The number of fused-ring (bicyclic) bond motifs is 1. The summed E-state index contributed by atoms with van der Waals surface area (Å²) in [5.41, 5.74) is -1.81. The lowest BCUT2D eigenvalue weighted by Gasteiger charge is -2.30. The standard InChI is InChI=1S/C22H16ClF3N2OS/c23-17-5-4-8-19(12-17)30-14-21(29,22(24,25)26)16-9-10-20-15(11-16)13-27-28(20)18-6-2-1-3-7-18/h1-13,29H,14H2. The van der Waals surface area contributed by atoms with Crippen molar-refractivity contribution in [2.45, 2.75) is 16.7 Å². The molecule has 3 nitrogen and oxygen atoms in total. The summed E-state index contributed by atoms with van der Waals surface area (Å²) < 4.78 is 43.4. The van der Waals surface area contributed by atoms with Crippen LogP contribution in [0.4, 0.5) is 13.2 Å². The zero-order chi connectivity index (χ0) is 21.4. The largest absolute Gasteiger partial charge is 0.422 e. The Morgan fingerprint density at radius 2 is 1.73 bits per heavy atom. The van der Waals surface area contributed by atoms with Crippen molar-refractivity contribution in [3.05, 3.63) is 89.6 Å². The van der Waals surface area contributed by atoms with Gasteiger partial charge in [0.15, 0.2) is 5.60 Å². The Balaban J connectivity index is 1.70. The number of hydrogen-bond donors (Lipinski definition) is 1. The van der Waals surface area contributed by atoms with Gasteiger partial charge in [0, 0.05) is 21.1 Å². The molecule has 0 saturated heterocycles. The fourth-order valence-corrected chi connectivity index (χ4v) is 4.48. The van der Waals surface area contributed by atoms with E-state index in [1.165, 1.54) is 18.3 Å². The predicted molar refractivity (Wildman–Crippen MR) is 113 cm³/mol. The van der Waals surface area contributed by atoms with E-state index in [9.17, 15) is 18.3 Å². The van der Waals surface area contributed by atoms with Crippen LogP contribution in [-0.4, -0.2) is 26.8 Å². The van der Waals surface area contributed by atoms with Gasteiger partial charge < -0.3 is 5.11 Å². The normalized spacial score (nSPS) is 14.0. The number of nitrogens with zero attached hydrogens (tertiary/aromatic N) is 2. The summed E-state index contributed by atoms with van der Waals surface area (Å²) in [7, 11) is 0. The van der Waals surface area contributed by atoms with Gasteiger partial charge in [-0.3, -0.25) is 0 Å². The first kappa shape index (κ1) is 20.8. The molecule has 0 spiro atoms. The number of aliphatic hydroxyl groups is 1. The monoisotopic (exact) mass is 448 g/mol. The van der Waals surface area contributed by atoms with Crippen molar-refractivity contribution in [1.29, 1.82) is 0 Å². The number of thioether (sulfide) groups is 1. The summed E-state index contributed by atoms with van der Waals surface area (Å²) in [5, 5.41) is 15.9. The van der Waals surface area contributed by atoms with E-state index in [1.54, 1.807) is 35.0 Å². The quantitative estimate of drug-likeness (QED) is 0.368. The van der Waals surface area contributed by atoms with Gasteiger partial charge in [0.2, 0.25) is 0 Å². The highest BCUT2D eigenvalue weighted by atomic mass is 35.5. The lowest BCUT2D eigenvalue weighted by molar-refractivity contribution is -0.256. The molecule has 0 saturated carbocycles. The van der Waals surface area contributed by atoms with Crippen LogP contribution in [0.15, 0.2) is 83.9 Å². The van der Waals surface area contributed by atoms with Crippen molar-refractivity contribution in [3.8, 4) is 5.69 Å². The molecule has 1 heterocycles. The highest BCUT2D eigenvalue weighted by Crippen LogP contribution is 2.43. The van der Waals surface area contributed by atoms with Crippen LogP contribution in [0.5, 0.6) is 0 Å². The van der Waals surface area contributed by atoms with E-state index >= 15 is 0 Å². The minimum atomic E-state index is -4.86. The summed E-state index contributed by atoms with van der Waals surface area (Å²) in [6.45, 7) is 0. The van der Waals surface area contributed by atoms with E-state index in [1.807, 2.05) is 30.3 Å². The Morgan fingerprint density at radius 3 is 2.43 bits per heavy atom. The minimum absolute atomic E-state index is 0.232. The number of benzene rings is 3. The summed E-state index contributed by atoms with van der Waals surface area (Å²) in [6.07, 6.45) is -3.37. The van der Waals surface area contributed by atoms with Crippen LogP contribution in [-0.2, 0) is 5.60 Å². The molecule has 0 aliphatic heterocycles. The summed E-state index contributed by atoms with van der Waals surface area (Å²) in [5.74, 6) is -0.602. The van der Waals surface area contributed by atoms with Crippen molar-refractivity contribution >= 4 is 34.3 Å². The highest BCUT2D eigenvalue weighted by Gasteiger charge is 2.55. The molecular weight excluding hydrogens is 433 g/mol. The molecule has 4 rings (SSSR count). The molecule has 0 amide bonds. The molecule has 0 aliphatic rings. The van der Waals surface area contributed by atoms with Crippen LogP contribution in [0.3, 0.4) is 0 Å². The van der Waals surface area contributed by atoms with Crippen molar-refractivity contribution in [2.75, 3.05) is 5.75 Å². The van der Waals surface area contributed by atoms with Gasteiger partial charge >= 0.3 is 6.18 Å². The first-order valence-electron chi connectivity index (χ1n) is 8.99. The lowest BCUT2D eigenvalue weighted by atomic mass is 9.94. The van der Waals surface area contributed by atoms with Crippen molar-refractivity contribution in [2.24, 2.45) is 0 Å². The zero-order valence-electron chi connectivity index (χ0n) is 15.5. The second-order valence-corrected chi connectivity index (χ2v) is 8.25. The Labute approximate surface area is 180 Å². The molecule has 0 fully saturated rings. The van der Waals surface area contributed by atoms with Gasteiger partial charge in [-0.05, 0) is 48.0 Å². The second kappa shape index (κ2) is 7.98. The lowest BCUT2D eigenvalue weighted by Crippen LogP contribution is -2.44. The van der Waals surface area contributed by atoms with E-state index in [-0.39, 0.29) is 5.56 Å². The number of rotatable bonds is 5. The van der Waals surface area contributed by atoms with Crippen LogP contribution < -0.4 is 0 Å². The van der Waals surface area contributed by atoms with Gasteiger partial charge in [0.1, 0.15) is 0 Å². The fraction of sp³-hybridized carbons (Fsp3) is 0.136. The molecule has 0 radical (unpaired) electrons. The third kappa shape index (κ3) is 3.93. The van der Waals surface area contributed by atoms with E-state index in [2.05, 4.69) is 5.10 Å². The van der Waals surface area contributed by atoms with Crippen LogP contribution in [0.1, 0.15) is 5.56 Å². The van der Waals surface area contributed by atoms with Gasteiger partial charge in [0.25, 0.3) is 0 Å². The second-order valence-electron chi connectivity index (χ2n) is 6.77. The number of alkyl halides is 3. The number of halogens is 4. The zero-order valence-corrected chi connectivity index (χ0v) is 17.0. The minimum Gasteiger partial charge on any atom is -0.376 e. The summed E-state index contributed by atoms with van der Waals surface area (Å²) in [4.78, 5) is 0.545. The first-order chi connectivity index (χ1) is 14.3. The maximum absolute atomic E-state index is 13.9. The molecule has 0 bridgehead atoms. The molecule has 1 aromatic heterocycles. The summed E-state index contributed by atoms with van der Waals surface area (Å²) >= 11 is 6.81. The van der Waals surface area contributed by atoms with Crippen molar-refractivity contribution in [3.63, 3.8) is 0 Å². The Bertz CT molecular complexity index is 1180. The molecule has 0 aliphatic carbocycles. The maximum atomic E-state index is 13.9. The Kier molecular flexibility index (Phi) is 5.53. The maximum Gasteiger partial charge on any atom is 0.422 e. The van der Waals surface area contributed by atoms with Crippen molar-refractivity contribution in [1.82, 2.24) is 9.78 Å². The molecule has 3 aromatic carbocycles. The van der Waals surface area contributed by atoms with Gasteiger partial charge in [-0.25, -0.2) is 4.68 Å². The molecule has 30 heavy (non-hydrogen) atoms. The number of para-hydroxylation sites is 1. The molecule has 1 N–H and O–H groups in total. The van der Waals surface area contributed by atoms with E-state index < -0.39 is 17.5 Å². The van der Waals surface area contributed by atoms with Gasteiger partial charge in [-0.1, -0.05) is 41.9 Å². The Morgan fingerprint density at radius 1 is 0.967 bits per heavy atom. The average Bonchev–Trinajstić information content (AvgIpc) is 3.15. The van der Waals surface area contributed by atoms with E-state index in [0.29, 0.717) is 20.8 Å². The third-order valence-corrected chi connectivity index (χ3v) is 6.14. The van der Waals surface area contributed by atoms with E-state index in [0.717, 1.165) is 17.4 Å². The first-order valence-corrected chi connectivity index (χ1v) is 10.4. The molecule has 1 atom stereocenters. The Hall–Kier alpha value is -2.48. The van der Waals surface area contributed by atoms with Gasteiger partial charge in [0.05, 0.1) is 17.4 Å². The fourth-order valence-electron chi connectivity index (χ4n) is 3.14. The molecule has 154 valence electrons. The van der Waals surface area contributed by atoms with Gasteiger partial charge in [-0.15, -0.1) is 11.8 Å². The smallest absolute Gasteiger partial charge is 0.376 e.